The van der Waals surface area contributed by atoms with Gasteiger partial charge in [-0.3, -0.25) is 9.88 Å². The van der Waals surface area contributed by atoms with Crippen molar-refractivity contribution >= 4 is 6.01 Å². The second-order valence-corrected chi connectivity index (χ2v) is 6.69. The highest BCUT2D eigenvalue weighted by molar-refractivity contribution is 5.27. The van der Waals surface area contributed by atoms with E-state index in [9.17, 15) is 0 Å². The summed E-state index contributed by atoms with van der Waals surface area (Å²) in [6, 6.07) is 6.68. The zero-order chi connectivity index (χ0) is 16.4. The van der Waals surface area contributed by atoms with E-state index in [1.807, 2.05) is 25.3 Å². The molecule has 2 aromatic rings. The molecule has 4 rings (SSSR count). The first-order chi connectivity index (χ1) is 11.7. The summed E-state index contributed by atoms with van der Waals surface area (Å²) in [6.07, 6.45) is 3.99. The standard InChI is InChI=1S/C17H23N5O2/c1-14-19-20-16(24-14)22-8-4-6-17(13-22)12-21(9-10-23-17)11-15-5-2-3-7-18-15/h2-3,5,7H,4,6,8-13H2,1H3. The molecule has 7 nitrogen and oxygen atoms in total. The number of pyridine rings is 1. The van der Waals surface area contributed by atoms with Crippen LogP contribution in [0.3, 0.4) is 0 Å². The number of rotatable bonds is 3. The van der Waals surface area contributed by atoms with Gasteiger partial charge in [-0.05, 0) is 25.0 Å². The molecule has 2 saturated heterocycles. The monoisotopic (exact) mass is 329 g/mol. The largest absolute Gasteiger partial charge is 0.408 e. The maximum atomic E-state index is 6.24. The first-order valence-electron chi connectivity index (χ1n) is 8.54. The van der Waals surface area contributed by atoms with Crippen molar-refractivity contribution in [1.82, 2.24) is 20.1 Å². The number of aryl methyl sites for hydroxylation is 1. The van der Waals surface area contributed by atoms with E-state index in [4.69, 9.17) is 9.15 Å². The average molecular weight is 329 g/mol. The van der Waals surface area contributed by atoms with E-state index in [1.54, 1.807) is 0 Å². The van der Waals surface area contributed by atoms with Crippen molar-refractivity contribution in [3.63, 3.8) is 0 Å². The van der Waals surface area contributed by atoms with Gasteiger partial charge in [0.2, 0.25) is 5.89 Å². The lowest BCUT2D eigenvalue weighted by Crippen LogP contribution is -2.59. The molecule has 2 fully saturated rings. The number of aromatic nitrogens is 3. The van der Waals surface area contributed by atoms with Gasteiger partial charge in [-0.1, -0.05) is 11.2 Å². The Morgan fingerprint density at radius 3 is 2.96 bits per heavy atom. The summed E-state index contributed by atoms with van der Waals surface area (Å²) in [6.45, 7) is 7.03. The summed E-state index contributed by atoms with van der Waals surface area (Å²) in [5.41, 5.74) is 0.947. The third kappa shape index (κ3) is 3.27. The normalized spacial score (nSPS) is 25.3. The van der Waals surface area contributed by atoms with Crippen molar-refractivity contribution < 1.29 is 9.15 Å². The van der Waals surface area contributed by atoms with Gasteiger partial charge in [-0.2, -0.15) is 0 Å². The zero-order valence-corrected chi connectivity index (χ0v) is 14.0. The summed E-state index contributed by atoms with van der Waals surface area (Å²) >= 11 is 0. The van der Waals surface area contributed by atoms with Gasteiger partial charge in [0, 0.05) is 39.3 Å². The van der Waals surface area contributed by atoms with Crippen molar-refractivity contribution in [3.8, 4) is 0 Å². The maximum Gasteiger partial charge on any atom is 0.318 e. The molecule has 0 radical (unpaired) electrons. The molecule has 2 aliphatic rings. The fraction of sp³-hybridized carbons (Fsp3) is 0.588. The van der Waals surface area contributed by atoms with E-state index in [-0.39, 0.29) is 5.60 Å². The lowest BCUT2D eigenvalue weighted by Gasteiger charge is -2.47. The second-order valence-electron chi connectivity index (χ2n) is 6.69. The van der Waals surface area contributed by atoms with Gasteiger partial charge in [0.05, 0.1) is 24.4 Å². The first-order valence-corrected chi connectivity index (χ1v) is 8.54. The third-order valence-electron chi connectivity index (χ3n) is 4.76. The molecule has 0 N–H and O–H groups in total. The molecule has 0 aliphatic carbocycles. The molecule has 128 valence electrons. The summed E-state index contributed by atoms with van der Waals surface area (Å²) in [4.78, 5) is 9.04. The molecular weight excluding hydrogens is 306 g/mol. The van der Waals surface area contributed by atoms with Gasteiger partial charge in [0.15, 0.2) is 0 Å². The molecule has 0 saturated carbocycles. The van der Waals surface area contributed by atoms with E-state index in [1.165, 1.54) is 0 Å². The number of anilines is 1. The van der Waals surface area contributed by atoms with Crippen LogP contribution in [0.1, 0.15) is 24.4 Å². The summed E-state index contributed by atoms with van der Waals surface area (Å²) in [5.74, 6) is 0.603. The number of morpholine rings is 1. The molecule has 0 aromatic carbocycles. The number of hydrogen-bond donors (Lipinski definition) is 0. The molecule has 4 heterocycles. The second kappa shape index (κ2) is 6.49. The third-order valence-corrected chi connectivity index (χ3v) is 4.76. The van der Waals surface area contributed by atoms with Crippen molar-refractivity contribution in [1.29, 1.82) is 0 Å². The Bertz CT molecular complexity index is 673. The van der Waals surface area contributed by atoms with Crippen LogP contribution < -0.4 is 4.90 Å². The van der Waals surface area contributed by atoms with Crippen molar-refractivity contribution in [3.05, 3.63) is 36.0 Å². The SMILES string of the molecule is Cc1nnc(N2CCCC3(CN(Cc4ccccn4)CCO3)C2)o1. The lowest BCUT2D eigenvalue weighted by atomic mass is 9.91. The molecule has 7 heteroatoms. The average Bonchev–Trinajstić information content (AvgIpc) is 3.03. The molecule has 24 heavy (non-hydrogen) atoms. The molecule has 1 atom stereocenters. The van der Waals surface area contributed by atoms with Crippen molar-refractivity contribution in [2.75, 3.05) is 37.7 Å². The van der Waals surface area contributed by atoms with E-state index in [0.717, 1.165) is 57.9 Å². The van der Waals surface area contributed by atoms with Crippen LogP contribution in [-0.2, 0) is 11.3 Å². The van der Waals surface area contributed by atoms with E-state index >= 15 is 0 Å². The Hall–Kier alpha value is -1.99. The fourth-order valence-electron chi connectivity index (χ4n) is 3.70. The smallest absolute Gasteiger partial charge is 0.318 e. The minimum atomic E-state index is -0.159. The van der Waals surface area contributed by atoms with Crippen molar-refractivity contribution in [2.24, 2.45) is 0 Å². The Balaban J connectivity index is 1.45. The minimum Gasteiger partial charge on any atom is -0.408 e. The van der Waals surface area contributed by atoms with Gasteiger partial charge in [-0.15, -0.1) is 5.10 Å². The van der Waals surface area contributed by atoms with Crippen molar-refractivity contribution in [2.45, 2.75) is 31.9 Å². The lowest BCUT2D eigenvalue weighted by molar-refractivity contribution is -0.117. The fourth-order valence-corrected chi connectivity index (χ4v) is 3.70. The van der Waals surface area contributed by atoms with Crippen LogP contribution in [0.25, 0.3) is 0 Å². The Kier molecular flexibility index (Phi) is 4.20. The Morgan fingerprint density at radius 1 is 1.21 bits per heavy atom. The van der Waals surface area contributed by atoms with Crippen LogP contribution in [-0.4, -0.2) is 58.5 Å². The molecule has 0 bridgehead atoms. The van der Waals surface area contributed by atoms with Gasteiger partial charge >= 0.3 is 6.01 Å². The van der Waals surface area contributed by atoms with Crippen LogP contribution in [0.5, 0.6) is 0 Å². The Morgan fingerprint density at radius 2 is 2.17 bits per heavy atom. The molecule has 0 amide bonds. The van der Waals surface area contributed by atoms with Crippen LogP contribution >= 0.6 is 0 Å². The van der Waals surface area contributed by atoms with Gasteiger partial charge < -0.3 is 14.1 Å². The number of ether oxygens (including phenoxy) is 1. The van der Waals surface area contributed by atoms with E-state index < -0.39 is 0 Å². The summed E-state index contributed by atoms with van der Waals surface area (Å²) < 4.78 is 11.8. The Labute approximate surface area is 141 Å². The van der Waals surface area contributed by atoms with Crippen LogP contribution in [0.2, 0.25) is 0 Å². The topological polar surface area (TPSA) is 67.5 Å². The summed E-state index contributed by atoms with van der Waals surface area (Å²) in [7, 11) is 0. The van der Waals surface area contributed by atoms with E-state index in [0.29, 0.717) is 11.9 Å². The van der Waals surface area contributed by atoms with Crippen LogP contribution in [0.4, 0.5) is 6.01 Å². The highest BCUT2D eigenvalue weighted by Gasteiger charge is 2.41. The van der Waals surface area contributed by atoms with Crippen LogP contribution in [0, 0.1) is 6.92 Å². The molecule has 2 aromatic heterocycles. The first kappa shape index (κ1) is 15.5. The molecule has 2 aliphatic heterocycles. The number of hydrogen-bond acceptors (Lipinski definition) is 7. The summed E-state index contributed by atoms with van der Waals surface area (Å²) in [5, 5.41) is 8.11. The highest BCUT2D eigenvalue weighted by Crippen LogP contribution is 2.31. The van der Waals surface area contributed by atoms with Crippen LogP contribution in [0.15, 0.2) is 28.8 Å². The molecular formula is C17H23N5O2. The van der Waals surface area contributed by atoms with E-state index in [2.05, 4.69) is 31.0 Å². The minimum absolute atomic E-state index is 0.159. The molecule has 1 unspecified atom stereocenters. The zero-order valence-electron chi connectivity index (χ0n) is 14.0. The highest BCUT2D eigenvalue weighted by atomic mass is 16.5. The predicted octanol–water partition coefficient (Wildman–Crippen LogP) is 1.64. The van der Waals surface area contributed by atoms with Gasteiger partial charge in [0.25, 0.3) is 0 Å². The number of piperidine rings is 1. The quantitative estimate of drug-likeness (QED) is 0.848. The predicted molar refractivity (Wildman–Crippen MR) is 88.7 cm³/mol. The van der Waals surface area contributed by atoms with Gasteiger partial charge in [-0.25, -0.2) is 0 Å². The number of nitrogens with zero attached hydrogens (tertiary/aromatic N) is 5. The van der Waals surface area contributed by atoms with Gasteiger partial charge in [0.1, 0.15) is 0 Å². The molecule has 1 spiro atoms. The maximum absolute atomic E-state index is 6.24.